The van der Waals surface area contributed by atoms with Crippen LogP contribution in [-0.4, -0.2) is 26.9 Å². The molecule has 0 aromatic carbocycles. The van der Waals surface area contributed by atoms with Crippen molar-refractivity contribution in [3.8, 4) is 0 Å². The lowest BCUT2D eigenvalue weighted by Gasteiger charge is -2.01. The van der Waals surface area contributed by atoms with Crippen LogP contribution in [0.4, 0.5) is 0 Å². The van der Waals surface area contributed by atoms with E-state index < -0.39 is 0 Å². The molecule has 2 nitrogen and oxygen atoms in total. The van der Waals surface area contributed by atoms with Crippen LogP contribution in [0.25, 0.3) is 0 Å². The maximum atomic E-state index is 5.33. The second-order valence-electron chi connectivity index (χ2n) is 2.51. The van der Waals surface area contributed by atoms with Gasteiger partial charge in [-0.1, -0.05) is 6.92 Å². The van der Waals surface area contributed by atoms with Crippen LogP contribution in [-0.2, 0) is 9.47 Å². The van der Waals surface area contributed by atoms with E-state index in [4.69, 9.17) is 9.47 Å². The first-order valence-electron chi connectivity index (χ1n) is 4.26. The smallest absolute Gasteiger partial charge is 0.0468 e. The summed E-state index contributed by atoms with van der Waals surface area (Å²) in [4.78, 5) is 0. The average Bonchev–Trinajstić information content (AvgIpc) is 2.03. The van der Waals surface area contributed by atoms with Crippen molar-refractivity contribution in [1.82, 2.24) is 0 Å². The van der Waals surface area contributed by atoms with Crippen LogP contribution in [0, 0.1) is 6.42 Å². The van der Waals surface area contributed by atoms with Crippen LogP contribution in [0.3, 0.4) is 0 Å². The van der Waals surface area contributed by atoms with Crippen LogP contribution in [0.15, 0.2) is 0 Å². The Bertz CT molecular complexity index is 56.6. The summed E-state index contributed by atoms with van der Waals surface area (Å²) in [5.41, 5.74) is 0. The fourth-order valence-electron chi connectivity index (χ4n) is 0.754. The molecule has 0 saturated carbocycles. The van der Waals surface area contributed by atoms with E-state index in [1.807, 2.05) is 6.92 Å². The summed E-state index contributed by atoms with van der Waals surface area (Å²) in [6, 6.07) is 0. The Hall–Kier alpha value is -0.0800. The fraction of sp³-hybridized carbons (Fsp3) is 0.889. The molecule has 0 fully saturated rings. The van der Waals surface area contributed by atoms with E-state index in [0.717, 1.165) is 39.1 Å². The first kappa shape index (κ1) is 10.9. The Labute approximate surface area is 69.9 Å². The van der Waals surface area contributed by atoms with Crippen LogP contribution >= 0.6 is 0 Å². The molecule has 0 saturated heterocycles. The van der Waals surface area contributed by atoms with Gasteiger partial charge in [-0.25, -0.2) is 0 Å². The van der Waals surface area contributed by atoms with Gasteiger partial charge in [0.25, 0.3) is 0 Å². The fourth-order valence-corrected chi connectivity index (χ4v) is 0.754. The molecule has 2 heteroatoms. The number of rotatable bonds is 8. The van der Waals surface area contributed by atoms with E-state index in [0.29, 0.717) is 0 Å². The Balaban J connectivity index is 2.69. The molecule has 67 valence electrons. The molecule has 0 N–H and O–H groups in total. The summed E-state index contributed by atoms with van der Waals surface area (Å²) < 4.78 is 10.2. The molecule has 0 aromatic rings. The van der Waals surface area contributed by atoms with Crippen LogP contribution in [0.1, 0.15) is 26.2 Å². The molecular formula is C9H19O2. The molecule has 0 aliphatic carbocycles. The van der Waals surface area contributed by atoms with Gasteiger partial charge in [0, 0.05) is 26.9 Å². The lowest BCUT2D eigenvalue weighted by Crippen LogP contribution is -1.98. The third kappa shape index (κ3) is 9.92. The maximum Gasteiger partial charge on any atom is 0.0468 e. The summed E-state index contributed by atoms with van der Waals surface area (Å²) in [5, 5.41) is 0. The molecule has 0 aromatic heterocycles. The number of unbranched alkanes of at least 4 members (excludes halogenated alkanes) is 2. The van der Waals surface area contributed by atoms with E-state index in [1.54, 1.807) is 7.11 Å². The highest BCUT2D eigenvalue weighted by Gasteiger charge is 1.88. The summed E-state index contributed by atoms with van der Waals surface area (Å²) in [6.45, 7) is 4.64. The van der Waals surface area contributed by atoms with E-state index in [1.165, 1.54) is 0 Å². The molecule has 0 rings (SSSR count). The molecule has 0 aliphatic heterocycles. The topological polar surface area (TPSA) is 18.5 Å². The van der Waals surface area contributed by atoms with Crippen molar-refractivity contribution in [1.29, 1.82) is 0 Å². The van der Waals surface area contributed by atoms with Crippen molar-refractivity contribution in [3.63, 3.8) is 0 Å². The summed E-state index contributed by atoms with van der Waals surface area (Å²) in [5.74, 6) is 0. The highest BCUT2D eigenvalue weighted by Crippen LogP contribution is 1.92. The Morgan fingerprint density at radius 2 is 1.82 bits per heavy atom. The maximum absolute atomic E-state index is 5.33. The molecule has 0 spiro atoms. The Morgan fingerprint density at radius 3 is 2.45 bits per heavy atom. The van der Waals surface area contributed by atoms with Gasteiger partial charge in [-0.05, 0) is 25.7 Å². The number of hydrogen-bond acceptors (Lipinski definition) is 2. The van der Waals surface area contributed by atoms with Crippen LogP contribution in [0.2, 0.25) is 0 Å². The van der Waals surface area contributed by atoms with Gasteiger partial charge in [-0.3, -0.25) is 0 Å². The minimum Gasteiger partial charge on any atom is -0.385 e. The SMILES string of the molecule is C[CH]CCOCCCCOC. The summed E-state index contributed by atoms with van der Waals surface area (Å²) in [6.07, 6.45) is 5.39. The quantitative estimate of drug-likeness (QED) is 0.505. The summed E-state index contributed by atoms with van der Waals surface area (Å²) >= 11 is 0. The van der Waals surface area contributed by atoms with E-state index in [9.17, 15) is 0 Å². The van der Waals surface area contributed by atoms with Gasteiger partial charge in [-0.2, -0.15) is 0 Å². The minimum atomic E-state index is 0.850. The highest BCUT2D eigenvalue weighted by atomic mass is 16.5. The van der Waals surface area contributed by atoms with E-state index in [-0.39, 0.29) is 0 Å². The lowest BCUT2D eigenvalue weighted by atomic mass is 10.3. The highest BCUT2D eigenvalue weighted by molar-refractivity contribution is 4.52. The van der Waals surface area contributed by atoms with Crippen LogP contribution in [0.5, 0.6) is 0 Å². The van der Waals surface area contributed by atoms with Crippen molar-refractivity contribution >= 4 is 0 Å². The monoisotopic (exact) mass is 159 g/mol. The minimum absolute atomic E-state index is 0.850. The largest absolute Gasteiger partial charge is 0.385 e. The second kappa shape index (κ2) is 9.92. The van der Waals surface area contributed by atoms with Gasteiger partial charge in [-0.15, -0.1) is 0 Å². The molecule has 0 aliphatic rings. The molecule has 11 heavy (non-hydrogen) atoms. The van der Waals surface area contributed by atoms with Crippen molar-refractivity contribution in [2.75, 3.05) is 26.9 Å². The molecule has 0 bridgehead atoms. The summed E-state index contributed by atoms with van der Waals surface area (Å²) in [7, 11) is 1.73. The molecule has 0 amide bonds. The van der Waals surface area contributed by atoms with Crippen molar-refractivity contribution in [3.05, 3.63) is 6.42 Å². The molecule has 1 radical (unpaired) electrons. The van der Waals surface area contributed by atoms with E-state index >= 15 is 0 Å². The van der Waals surface area contributed by atoms with Gasteiger partial charge >= 0.3 is 0 Å². The van der Waals surface area contributed by atoms with Gasteiger partial charge in [0.2, 0.25) is 0 Å². The zero-order valence-electron chi connectivity index (χ0n) is 7.64. The van der Waals surface area contributed by atoms with Crippen molar-refractivity contribution < 1.29 is 9.47 Å². The van der Waals surface area contributed by atoms with E-state index in [2.05, 4.69) is 6.42 Å². The zero-order chi connectivity index (χ0) is 8.36. The third-order valence-corrected chi connectivity index (χ3v) is 1.44. The molecular weight excluding hydrogens is 140 g/mol. The third-order valence-electron chi connectivity index (χ3n) is 1.44. The average molecular weight is 159 g/mol. The predicted octanol–water partition coefficient (Wildman–Crippen LogP) is 2.04. The Morgan fingerprint density at radius 1 is 1.09 bits per heavy atom. The Kier molecular flexibility index (Phi) is 9.85. The zero-order valence-corrected chi connectivity index (χ0v) is 7.64. The van der Waals surface area contributed by atoms with Gasteiger partial charge in [0.1, 0.15) is 0 Å². The first-order chi connectivity index (χ1) is 5.41. The standard InChI is InChI=1S/C9H19O2/c1-3-4-8-11-9-6-5-7-10-2/h3H,4-9H2,1-2H3. The number of ether oxygens (including phenoxy) is 2. The molecule has 0 atom stereocenters. The first-order valence-corrected chi connectivity index (χ1v) is 4.26. The lowest BCUT2D eigenvalue weighted by molar-refractivity contribution is 0.121. The van der Waals surface area contributed by atoms with Crippen LogP contribution < -0.4 is 0 Å². The normalized spacial score (nSPS) is 10.4. The van der Waals surface area contributed by atoms with Gasteiger partial charge in [0.05, 0.1) is 0 Å². The second-order valence-corrected chi connectivity index (χ2v) is 2.51. The van der Waals surface area contributed by atoms with Crippen molar-refractivity contribution in [2.45, 2.75) is 26.2 Å². The molecule has 0 unspecified atom stereocenters. The van der Waals surface area contributed by atoms with Gasteiger partial charge < -0.3 is 9.47 Å². The molecule has 0 heterocycles. The predicted molar refractivity (Wildman–Crippen MR) is 46.5 cm³/mol. The van der Waals surface area contributed by atoms with Gasteiger partial charge in [0.15, 0.2) is 0 Å². The number of methoxy groups -OCH3 is 1. The number of hydrogen-bond donors (Lipinski definition) is 0. The van der Waals surface area contributed by atoms with Crippen molar-refractivity contribution in [2.24, 2.45) is 0 Å².